The van der Waals surface area contributed by atoms with Crippen LogP contribution in [0.1, 0.15) is 32.3 Å². The number of fused-ring (bicyclic) bond motifs is 1. The number of aromatic amines is 1. The van der Waals surface area contributed by atoms with Crippen molar-refractivity contribution < 1.29 is 13.9 Å². The minimum atomic E-state index is -0.539. The lowest BCUT2D eigenvalue weighted by atomic mass is 9.94. The molecule has 1 saturated carbocycles. The predicted molar refractivity (Wildman–Crippen MR) is 100 cm³/mol. The van der Waals surface area contributed by atoms with Crippen molar-refractivity contribution in [3.63, 3.8) is 0 Å². The van der Waals surface area contributed by atoms with Crippen LogP contribution in [0.2, 0.25) is 0 Å². The third kappa shape index (κ3) is 2.94. The van der Waals surface area contributed by atoms with E-state index >= 15 is 0 Å². The van der Waals surface area contributed by atoms with Crippen molar-refractivity contribution in [2.24, 2.45) is 0 Å². The predicted octanol–water partition coefficient (Wildman–Crippen LogP) is 4.76. The average Bonchev–Trinajstić information content (AvgIpc) is 3.30. The summed E-state index contributed by atoms with van der Waals surface area (Å²) in [5.74, 6) is 0.460. The Morgan fingerprint density at radius 1 is 1.19 bits per heavy atom. The van der Waals surface area contributed by atoms with Crippen LogP contribution in [0.25, 0.3) is 10.9 Å². The zero-order valence-electron chi connectivity index (χ0n) is 14.8. The van der Waals surface area contributed by atoms with E-state index in [1.165, 1.54) is 12.1 Å². The summed E-state index contributed by atoms with van der Waals surface area (Å²) in [6.07, 6.45) is 3.52. The molecule has 0 saturated heterocycles. The lowest BCUT2D eigenvalue weighted by Crippen LogP contribution is -2.27. The molecule has 1 fully saturated rings. The molecule has 4 rings (SSSR count). The van der Waals surface area contributed by atoms with E-state index in [-0.39, 0.29) is 17.8 Å². The van der Waals surface area contributed by atoms with Gasteiger partial charge in [0.25, 0.3) is 0 Å². The summed E-state index contributed by atoms with van der Waals surface area (Å²) in [7, 11) is 0. The first-order valence-corrected chi connectivity index (χ1v) is 8.83. The van der Waals surface area contributed by atoms with E-state index < -0.39 is 5.41 Å². The van der Waals surface area contributed by atoms with Crippen LogP contribution >= 0.6 is 0 Å². The second-order valence-electron chi connectivity index (χ2n) is 7.12. The Morgan fingerprint density at radius 3 is 2.58 bits per heavy atom. The number of rotatable bonds is 5. The number of hydrogen-bond acceptors (Lipinski definition) is 2. The molecular weight excluding hydrogens is 331 g/mol. The molecule has 1 heterocycles. The van der Waals surface area contributed by atoms with Crippen molar-refractivity contribution in [3.05, 3.63) is 60.0 Å². The van der Waals surface area contributed by atoms with E-state index in [4.69, 9.17) is 4.74 Å². The molecule has 26 heavy (non-hydrogen) atoms. The lowest BCUT2D eigenvalue weighted by molar-refractivity contribution is -0.118. The number of hydrogen-bond donors (Lipinski definition) is 2. The molecule has 1 aliphatic carbocycles. The van der Waals surface area contributed by atoms with Gasteiger partial charge in [-0.1, -0.05) is 0 Å². The summed E-state index contributed by atoms with van der Waals surface area (Å²) >= 11 is 0. The fourth-order valence-electron chi connectivity index (χ4n) is 3.38. The Balaban J connectivity index is 1.55. The molecule has 0 unspecified atom stereocenters. The normalized spacial score (nSPS) is 15.2. The molecule has 0 spiro atoms. The Bertz CT molecular complexity index is 956. The number of carbonyl (C=O) groups excluding carboxylic acids is 1. The monoisotopic (exact) mass is 352 g/mol. The minimum Gasteiger partial charge on any atom is -0.491 e. The molecule has 0 atom stereocenters. The maximum atomic E-state index is 13.4. The molecule has 1 aromatic heterocycles. The van der Waals surface area contributed by atoms with Crippen molar-refractivity contribution in [2.45, 2.75) is 38.2 Å². The van der Waals surface area contributed by atoms with Gasteiger partial charge >= 0.3 is 0 Å². The van der Waals surface area contributed by atoms with E-state index in [0.29, 0.717) is 5.52 Å². The van der Waals surface area contributed by atoms with Crippen LogP contribution in [0.15, 0.2) is 48.7 Å². The highest BCUT2D eigenvalue weighted by Gasteiger charge is 2.52. The quantitative estimate of drug-likeness (QED) is 0.695. The number of nitrogens with one attached hydrogen (secondary N) is 2. The standard InChI is InChI=1S/C21H21FN2O2/c1-13(2)26-16-6-4-15(5-7-16)24-20(25)21(9-10-21)18-12-23-19-11-14(22)3-8-17(18)19/h3-8,11-13,23H,9-10H2,1-2H3,(H,24,25). The zero-order chi connectivity index (χ0) is 18.3. The molecule has 3 aromatic rings. The van der Waals surface area contributed by atoms with Gasteiger partial charge in [-0.25, -0.2) is 4.39 Å². The second kappa shape index (κ2) is 6.16. The molecule has 0 aliphatic heterocycles. The summed E-state index contributed by atoms with van der Waals surface area (Å²) in [5.41, 5.74) is 1.85. The van der Waals surface area contributed by atoms with Gasteiger partial charge < -0.3 is 15.0 Å². The Labute approximate surface area is 151 Å². The third-order valence-corrected chi connectivity index (χ3v) is 4.83. The maximum absolute atomic E-state index is 13.4. The first-order valence-electron chi connectivity index (χ1n) is 8.83. The molecule has 5 heteroatoms. The number of H-pyrrole nitrogens is 1. The molecule has 0 bridgehead atoms. The summed E-state index contributed by atoms with van der Waals surface area (Å²) in [5, 5.41) is 3.91. The topological polar surface area (TPSA) is 54.1 Å². The highest BCUT2D eigenvalue weighted by molar-refractivity contribution is 6.04. The number of amides is 1. The highest BCUT2D eigenvalue weighted by Crippen LogP contribution is 2.51. The van der Waals surface area contributed by atoms with Crippen LogP contribution in [0.5, 0.6) is 5.75 Å². The van der Waals surface area contributed by atoms with Gasteiger partial charge in [0, 0.05) is 22.8 Å². The van der Waals surface area contributed by atoms with Crippen LogP contribution in [0, 0.1) is 5.82 Å². The van der Waals surface area contributed by atoms with Crippen LogP contribution in [-0.4, -0.2) is 17.0 Å². The van der Waals surface area contributed by atoms with E-state index in [1.807, 2.05) is 44.3 Å². The van der Waals surface area contributed by atoms with Gasteiger partial charge in [-0.15, -0.1) is 0 Å². The lowest BCUT2D eigenvalue weighted by Gasteiger charge is -2.16. The highest BCUT2D eigenvalue weighted by atomic mass is 19.1. The Kier molecular flexibility index (Phi) is 3.94. The molecule has 1 amide bonds. The van der Waals surface area contributed by atoms with Crippen LogP contribution < -0.4 is 10.1 Å². The van der Waals surface area contributed by atoms with E-state index in [1.54, 1.807) is 6.07 Å². The molecule has 4 nitrogen and oxygen atoms in total. The van der Waals surface area contributed by atoms with Crippen molar-refractivity contribution in [2.75, 3.05) is 5.32 Å². The van der Waals surface area contributed by atoms with E-state index in [9.17, 15) is 9.18 Å². The van der Waals surface area contributed by atoms with E-state index in [0.717, 1.165) is 35.2 Å². The van der Waals surface area contributed by atoms with Gasteiger partial charge in [-0.2, -0.15) is 0 Å². The molecule has 1 aliphatic rings. The van der Waals surface area contributed by atoms with Crippen molar-refractivity contribution >= 4 is 22.5 Å². The van der Waals surface area contributed by atoms with Crippen molar-refractivity contribution in [1.29, 1.82) is 0 Å². The Morgan fingerprint density at radius 2 is 1.92 bits per heavy atom. The van der Waals surface area contributed by atoms with Crippen LogP contribution in [0.3, 0.4) is 0 Å². The van der Waals surface area contributed by atoms with Gasteiger partial charge in [0.2, 0.25) is 5.91 Å². The molecule has 0 radical (unpaired) electrons. The number of halogens is 1. The van der Waals surface area contributed by atoms with Gasteiger partial charge in [-0.3, -0.25) is 4.79 Å². The first kappa shape index (κ1) is 16.6. The van der Waals surface area contributed by atoms with Gasteiger partial charge in [-0.05, 0) is 74.7 Å². The number of aromatic nitrogens is 1. The molecule has 2 aromatic carbocycles. The van der Waals surface area contributed by atoms with Crippen molar-refractivity contribution in [3.8, 4) is 5.75 Å². The van der Waals surface area contributed by atoms with E-state index in [2.05, 4.69) is 10.3 Å². The Hall–Kier alpha value is -2.82. The summed E-state index contributed by atoms with van der Waals surface area (Å²) in [4.78, 5) is 16.0. The first-order chi connectivity index (χ1) is 12.5. The number of benzene rings is 2. The number of ether oxygens (including phenoxy) is 1. The summed E-state index contributed by atoms with van der Waals surface area (Å²) in [6.45, 7) is 3.94. The summed E-state index contributed by atoms with van der Waals surface area (Å²) in [6, 6.07) is 12.0. The second-order valence-corrected chi connectivity index (χ2v) is 7.12. The zero-order valence-corrected chi connectivity index (χ0v) is 14.8. The van der Waals surface area contributed by atoms with Crippen LogP contribution in [-0.2, 0) is 10.2 Å². The SMILES string of the molecule is CC(C)Oc1ccc(NC(=O)C2(c3c[nH]c4cc(F)ccc34)CC2)cc1. The third-order valence-electron chi connectivity index (χ3n) is 4.83. The fraction of sp³-hybridized carbons (Fsp3) is 0.286. The average molecular weight is 352 g/mol. The van der Waals surface area contributed by atoms with Gasteiger partial charge in [0.15, 0.2) is 0 Å². The molecule has 134 valence electrons. The van der Waals surface area contributed by atoms with Crippen LogP contribution in [0.4, 0.5) is 10.1 Å². The van der Waals surface area contributed by atoms with Gasteiger partial charge in [0.05, 0.1) is 11.5 Å². The van der Waals surface area contributed by atoms with Crippen molar-refractivity contribution in [1.82, 2.24) is 4.98 Å². The summed E-state index contributed by atoms with van der Waals surface area (Å²) < 4.78 is 19.0. The smallest absolute Gasteiger partial charge is 0.235 e. The minimum absolute atomic E-state index is 0.0275. The molecule has 2 N–H and O–H groups in total. The largest absolute Gasteiger partial charge is 0.491 e. The number of anilines is 1. The van der Waals surface area contributed by atoms with Gasteiger partial charge in [0.1, 0.15) is 11.6 Å². The molecular formula is C21H21FN2O2. The number of carbonyl (C=O) groups is 1. The maximum Gasteiger partial charge on any atom is 0.235 e. The fourth-order valence-corrected chi connectivity index (χ4v) is 3.38.